The Labute approximate surface area is 173 Å². The Morgan fingerprint density at radius 3 is 2.37 bits per heavy atom. The number of amides is 3. The fourth-order valence-electron chi connectivity index (χ4n) is 4.26. The van der Waals surface area contributed by atoms with Gasteiger partial charge in [-0.25, -0.2) is 18.0 Å². The molecule has 1 heterocycles. The van der Waals surface area contributed by atoms with Crippen molar-refractivity contribution in [2.75, 3.05) is 5.32 Å². The van der Waals surface area contributed by atoms with Crippen molar-refractivity contribution in [2.45, 2.75) is 45.2 Å². The number of carbonyl (C=O) groups excluding carboxylic acids is 2. The number of urea groups is 1. The first-order valence-corrected chi connectivity index (χ1v) is 9.68. The van der Waals surface area contributed by atoms with E-state index in [2.05, 4.69) is 5.32 Å². The van der Waals surface area contributed by atoms with E-state index < -0.39 is 40.8 Å². The molecule has 8 heteroatoms. The van der Waals surface area contributed by atoms with Gasteiger partial charge in [0.25, 0.3) is 0 Å². The van der Waals surface area contributed by atoms with Crippen LogP contribution in [0.15, 0.2) is 36.4 Å². The van der Waals surface area contributed by atoms with Crippen LogP contribution in [0.3, 0.4) is 0 Å². The van der Waals surface area contributed by atoms with Crippen molar-refractivity contribution < 1.29 is 22.8 Å². The van der Waals surface area contributed by atoms with Crippen molar-refractivity contribution in [1.82, 2.24) is 4.90 Å². The first-order chi connectivity index (χ1) is 14.1. The number of anilines is 1. The van der Waals surface area contributed by atoms with Crippen molar-refractivity contribution in [1.29, 1.82) is 0 Å². The Morgan fingerprint density at radius 2 is 1.77 bits per heavy atom. The number of rotatable bonds is 6. The van der Waals surface area contributed by atoms with Crippen LogP contribution in [-0.4, -0.2) is 22.4 Å². The van der Waals surface area contributed by atoms with E-state index in [1.54, 1.807) is 6.92 Å². The fraction of sp³-hybridized carbons (Fsp3) is 0.364. The van der Waals surface area contributed by atoms with Crippen molar-refractivity contribution >= 4 is 17.6 Å². The van der Waals surface area contributed by atoms with E-state index >= 15 is 0 Å². The molecule has 3 N–H and O–H groups in total. The molecule has 0 aliphatic carbocycles. The molecule has 30 heavy (non-hydrogen) atoms. The lowest BCUT2D eigenvalue weighted by atomic mass is 9.72. The van der Waals surface area contributed by atoms with Gasteiger partial charge < -0.3 is 16.0 Å². The molecule has 2 aromatic rings. The number of nitrogens with one attached hydrogen (secondary N) is 1. The maximum Gasteiger partial charge on any atom is 0.323 e. The lowest BCUT2D eigenvalue weighted by Gasteiger charge is -2.48. The van der Waals surface area contributed by atoms with Crippen LogP contribution in [-0.2, 0) is 11.3 Å². The smallest absolute Gasteiger partial charge is 0.323 e. The Kier molecular flexibility index (Phi) is 5.78. The van der Waals surface area contributed by atoms with Gasteiger partial charge in [0.05, 0.1) is 6.54 Å². The molecule has 0 radical (unpaired) electrons. The number of hydrogen-bond acceptors (Lipinski definition) is 2. The van der Waals surface area contributed by atoms with Crippen LogP contribution in [0.2, 0.25) is 0 Å². The van der Waals surface area contributed by atoms with Gasteiger partial charge in [-0.1, -0.05) is 26.8 Å². The third-order valence-electron chi connectivity index (χ3n) is 5.66. The molecule has 0 saturated carbocycles. The van der Waals surface area contributed by atoms with Gasteiger partial charge in [0, 0.05) is 17.7 Å². The number of carbonyl (C=O) groups is 2. The third-order valence-corrected chi connectivity index (χ3v) is 5.66. The predicted octanol–water partition coefficient (Wildman–Crippen LogP) is 4.53. The summed E-state index contributed by atoms with van der Waals surface area (Å²) in [6.45, 7) is 5.20. The molecule has 0 saturated heterocycles. The summed E-state index contributed by atoms with van der Waals surface area (Å²) >= 11 is 0. The molecule has 2 atom stereocenters. The highest BCUT2D eigenvalue weighted by Gasteiger charge is 2.52. The summed E-state index contributed by atoms with van der Waals surface area (Å²) in [7, 11) is 0. The second kappa shape index (κ2) is 8.01. The molecule has 0 bridgehead atoms. The van der Waals surface area contributed by atoms with Crippen LogP contribution in [0.25, 0.3) is 0 Å². The maximum absolute atomic E-state index is 14.6. The quantitative estimate of drug-likeness (QED) is 0.722. The number of benzene rings is 2. The number of fused-ring (bicyclic) bond motifs is 1. The van der Waals surface area contributed by atoms with Crippen LogP contribution in [0, 0.1) is 23.4 Å². The summed E-state index contributed by atoms with van der Waals surface area (Å²) in [6.07, 6.45) is 0.137. The van der Waals surface area contributed by atoms with Crippen molar-refractivity contribution in [3.63, 3.8) is 0 Å². The second-order valence-corrected chi connectivity index (χ2v) is 8.09. The number of halogens is 3. The van der Waals surface area contributed by atoms with E-state index in [9.17, 15) is 22.8 Å². The second-order valence-electron chi connectivity index (χ2n) is 8.09. The summed E-state index contributed by atoms with van der Waals surface area (Å²) < 4.78 is 41.9. The minimum absolute atomic E-state index is 0.0636. The number of nitrogens with two attached hydrogens (primary N) is 1. The topological polar surface area (TPSA) is 75.4 Å². The average Bonchev–Trinajstić information content (AvgIpc) is 2.65. The van der Waals surface area contributed by atoms with Gasteiger partial charge in [-0.3, -0.25) is 4.79 Å². The number of primary amides is 1. The Balaban J connectivity index is 2.16. The molecular weight excluding hydrogens is 395 g/mol. The van der Waals surface area contributed by atoms with E-state index in [1.165, 1.54) is 29.2 Å². The van der Waals surface area contributed by atoms with Crippen molar-refractivity contribution in [3.05, 3.63) is 65.0 Å². The zero-order valence-electron chi connectivity index (χ0n) is 17.0. The highest BCUT2D eigenvalue weighted by atomic mass is 19.1. The number of nitrogens with zero attached hydrogens (tertiary/aromatic N) is 1. The molecular formula is C22H24F3N3O2. The van der Waals surface area contributed by atoms with Gasteiger partial charge in [0.2, 0.25) is 5.91 Å². The minimum atomic E-state index is -1.62. The Morgan fingerprint density at radius 1 is 1.13 bits per heavy atom. The first-order valence-electron chi connectivity index (χ1n) is 9.68. The Bertz CT molecular complexity index is 996. The van der Waals surface area contributed by atoms with E-state index in [1.807, 2.05) is 13.8 Å². The molecule has 1 aliphatic heterocycles. The van der Waals surface area contributed by atoms with E-state index in [0.29, 0.717) is 11.3 Å². The van der Waals surface area contributed by atoms with Gasteiger partial charge in [-0.15, -0.1) is 0 Å². The van der Waals surface area contributed by atoms with Crippen molar-refractivity contribution in [3.8, 4) is 0 Å². The molecule has 3 amide bonds. The summed E-state index contributed by atoms with van der Waals surface area (Å²) in [5.41, 5.74) is 5.19. The molecule has 1 unspecified atom stereocenters. The summed E-state index contributed by atoms with van der Waals surface area (Å²) in [6, 6.07) is 6.42. The zero-order valence-corrected chi connectivity index (χ0v) is 17.0. The highest BCUT2D eigenvalue weighted by Crippen LogP contribution is 2.42. The SMILES string of the molecule is CC(C)CC(C(N)=O)([C@H](C)c1ccc(F)cc1F)N1Cc2cc(F)ccc2NC1=O. The zero-order chi connectivity index (χ0) is 22.2. The van der Waals surface area contributed by atoms with Crippen LogP contribution in [0.1, 0.15) is 44.2 Å². The molecule has 2 aromatic carbocycles. The maximum atomic E-state index is 14.6. The van der Waals surface area contributed by atoms with Gasteiger partial charge in [0.15, 0.2) is 0 Å². The van der Waals surface area contributed by atoms with E-state index in [-0.39, 0.29) is 24.4 Å². The monoisotopic (exact) mass is 419 g/mol. The van der Waals surface area contributed by atoms with E-state index in [0.717, 1.165) is 12.1 Å². The largest absolute Gasteiger partial charge is 0.368 e. The lowest BCUT2D eigenvalue weighted by molar-refractivity contribution is -0.131. The summed E-state index contributed by atoms with van der Waals surface area (Å²) in [4.78, 5) is 27.2. The normalized spacial score (nSPS) is 16.6. The molecule has 0 aromatic heterocycles. The molecule has 160 valence electrons. The van der Waals surface area contributed by atoms with Crippen LogP contribution >= 0.6 is 0 Å². The first kappa shape index (κ1) is 21.7. The fourth-order valence-corrected chi connectivity index (χ4v) is 4.26. The third kappa shape index (κ3) is 3.74. The minimum Gasteiger partial charge on any atom is -0.368 e. The van der Waals surface area contributed by atoms with Gasteiger partial charge in [0.1, 0.15) is 23.0 Å². The average molecular weight is 419 g/mol. The predicted molar refractivity (Wildman–Crippen MR) is 107 cm³/mol. The standard InChI is InChI=1S/C22H24F3N3O2/c1-12(2)10-22(20(26)29,13(3)17-6-4-16(24)9-18(17)25)28-11-14-8-15(23)5-7-19(14)27-21(28)30/h4-9,12-13H,10-11H2,1-3H3,(H2,26,29)(H,27,30)/t13-,22?/m1/s1. The van der Waals surface area contributed by atoms with Crippen molar-refractivity contribution in [2.24, 2.45) is 11.7 Å². The molecule has 5 nitrogen and oxygen atoms in total. The van der Waals surface area contributed by atoms with Crippen LogP contribution in [0.4, 0.5) is 23.7 Å². The highest BCUT2D eigenvalue weighted by molar-refractivity contribution is 5.98. The molecule has 0 spiro atoms. The van der Waals surface area contributed by atoms with Gasteiger partial charge >= 0.3 is 6.03 Å². The van der Waals surface area contributed by atoms with Gasteiger partial charge in [-0.2, -0.15) is 0 Å². The Hall–Kier alpha value is -3.03. The van der Waals surface area contributed by atoms with E-state index in [4.69, 9.17) is 5.73 Å². The van der Waals surface area contributed by atoms with Gasteiger partial charge in [-0.05, 0) is 47.7 Å². The van der Waals surface area contributed by atoms with Crippen LogP contribution in [0.5, 0.6) is 0 Å². The lowest BCUT2D eigenvalue weighted by Crippen LogP contribution is -2.64. The summed E-state index contributed by atoms with van der Waals surface area (Å²) in [5.74, 6) is -3.87. The molecule has 1 aliphatic rings. The molecule has 3 rings (SSSR count). The van der Waals surface area contributed by atoms with Crippen LogP contribution < -0.4 is 11.1 Å². The summed E-state index contributed by atoms with van der Waals surface area (Å²) in [5, 5.41) is 2.66. The number of hydrogen-bond donors (Lipinski definition) is 2. The molecule has 0 fully saturated rings.